The fourth-order valence-electron chi connectivity index (χ4n) is 9.93. The smallest absolute Gasteiger partial charge is 0.0714 e. The number of rotatable bonds is 6. The van der Waals surface area contributed by atoms with Crippen molar-refractivity contribution in [1.29, 1.82) is 0 Å². The van der Waals surface area contributed by atoms with Gasteiger partial charge in [-0.05, 0) is 109 Å². The minimum atomic E-state index is -0.471. The normalized spacial score (nSPS) is 12.9. The summed E-state index contributed by atoms with van der Waals surface area (Å²) in [5, 5.41) is 7.87. The monoisotopic (exact) mass is 767 g/mol. The molecular formula is C57H37NS. The molecule has 1 heterocycles. The highest BCUT2D eigenvalue weighted by molar-refractivity contribution is 7.26. The number of hydrogen-bond donors (Lipinski definition) is 0. The summed E-state index contributed by atoms with van der Waals surface area (Å²) in [5.41, 5.74) is 13.0. The predicted molar refractivity (Wildman–Crippen MR) is 252 cm³/mol. The molecule has 2 heteroatoms. The molecule has 0 N–H and O–H groups in total. The largest absolute Gasteiger partial charge is 0.310 e. The summed E-state index contributed by atoms with van der Waals surface area (Å²) in [7, 11) is 0. The molecule has 59 heavy (non-hydrogen) atoms. The fourth-order valence-corrected chi connectivity index (χ4v) is 11.2. The minimum absolute atomic E-state index is 0.471. The molecule has 10 aromatic carbocycles. The Balaban J connectivity index is 0.974. The highest BCUT2D eigenvalue weighted by Gasteiger charge is 2.46. The number of nitrogens with zero attached hydrogens (tertiary/aromatic N) is 1. The summed E-state index contributed by atoms with van der Waals surface area (Å²) < 4.78 is 2.71. The second-order valence-corrected chi connectivity index (χ2v) is 16.7. The Morgan fingerprint density at radius 2 is 0.932 bits per heavy atom. The van der Waals surface area contributed by atoms with Crippen molar-refractivity contribution in [2.75, 3.05) is 4.90 Å². The zero-order chi connectivity index (χ0) is 38.9. The first-order chi connectivity index (χ1) is 29.3. The Kier molecular flexibility index (Phi) is 7.69. The van der Waals surface area contributed by atoms with Crippen molar-refractivity contribution in [2.24, 2.45) is 0 Å². The van der Waals surface area contributed by atoms with Crippen LogP contribution in [0.3, 0.4) is 0 Å². The van der Waals surface area contributed by atoms with Crippen LogP contribution in [0.4, 0.5) is 17.1 Å². The lowest BCUT2D eigenvalue weighted by atomic mass is 9.67. The number of anilines is 3. The third-order valence-corrected chi connectivity index (χ3v) is 13.7. The number of fused-ring (bicyclic) bond motifs is 10. The van der Waals surface area contributed by atoms with Gasteiger partial charge in [-0.3, -0.25) is 0 Å². The summed E-state index contributed by atoms with van der Waals surface area (Å²) in [4.78, 5) is 2.39. The Morgan fingerprint density at radius 3 is 1.71 bits per heavy atom. The van der Waals surface area contributed by atoms with Crippen molar-refractivity contribution in [1.82, 2.24) is 0 Å². The molecule has 11 aromatic rings. The molecule has 12 rings (SSSR count). The van der Waals surface area contributed by atoms with Crippen LogP contribution in [-0.2, 0) is 5.41 Å². The van der Waals surface area contributed by atoms with E-state index in [0.29, 0.717) is 0 Å². The second-order valence-electron chi connectivity index (χ2n) is 15.6. The molecule has 0 saturated carbocycles. The van der Waals surface area contributed by atoms with E-state index >= 15 is 0 Å². The van der Waals surface area contributed by atoms with Gasteiger partial charge in [-0.1, -0.05) is 176 Å². The molecule has 0 radical (unpaired) electrons. The molecule has 1 aliphatic rings. The molecule has 1 nitrogen and oxygen atoms in total. The number of para-hydroxylation sites is 1. The van der Waals surface area contributed by atoms with E-state index in [2.05, 4.69) is 229 Å². The molecule has 0 bridgehead atoms. The maximum absolute atomic E-state index is 2.41. The van der Waals surface area contributed by atoms with E-state index in [1.54, 1.807) is 0 Å². The van der Waals surface area contributed by atoms with Crippen LogP contribution in [0.1, 0.15) is 22.3 Å². The molecule has 1 aromatic heterocycles. The zero-order valence-electron chi connectivity index (χ0n) is 32.2. The molecule has 0 saturated heterocycles. The van der Waals surface area contributed by atoms with Crippen LogP contribution in [0.2, 0.25) is 0 Å². The van der Waals surface area contributed by atoms with Gasteiger partial charge in [0.2, 0.25) is 0 Å². The first-order valence-electron chi connectivity index (χ1n) is 20.3. The van der Waals surface area contributed by atoms with Crippen LogP contribution < -0.4 is 4.90 Å². The van der Waals surface area contributed by atoms with E-state index in [4.69, 9.17) is 0 Å². The maximum Gasteiger partial charge on any atom is 0.0714 e. The van der Waals surface area contributed by atoms with Gasteiger partial charge in [-0.15, -0.1) is 11.3 Å². The Hall–Kier alpha value is -7.26. The van der Waals surface area contributed by atoms with Crippen molar-refractivity contribution in [3.63, 3.8) is 0 Å². The summed E-state index contributed by atoms with van der Waals surface area (Å²) in [6.45, 7) is 0. The summed E-state index contributed by atoms with van der Waals surface area (Å²) in [6.07, 6.45) is 0. The summed E-state index contributed by atoms with van der Waals surface area (Å²) in [5.74, 6) is 0. The highest BCUT2D eigenvalue weighted by Crippen LogP contribution is 2.56. The van der Waals surface area contributed by atoms with Crippen LogP contribution >= 0.6 is 11.3 Å². The van der Waals surface area contributed by atoms with Gasteiger partial charge in [0.25, 0.3) is 0 Å². The number of thiophene rings is 1. The van der Waals surface area contributed by atoms with E-state index in [0.717, 1.165) is 17.1 Å². The van der Waals surface area contributed by atoms with E-state index in [-0.39, 0.29) is 0 Å². The number of hydrogen-bond acceptors (Lipinski definition) is 2. The van der Waals surface area contributed by atoms with E-state index < -0.39 is 5.41 Å². The van der Waals surface area contributed by atoms with E-state index in [9.17, 15) is 0 Å². The van der Waals surface area contributed by atoms with Crippen LogP contribution in [0.15, 0.2) is 224 Å². The van der Waals surface area contributed by atoms with Gasteiger partial charge in [0.1, 0.15) is 0 Å². The first-order valence-corrected chi connectivity index (χ1v) is 21.2. The number of benzene rings is 10. The van der Waals surface area contributed by atoms with Crippen molar-refractivity contribution in [2.45, 2.75) is 5.41 Å². The molecule has 276 valence electrons. The molecular weight excluding hydrogens is 731 g/mol. The highest BCUT2D eigenvalue weighted by atomic mass is 32.1. The van der Waals surface area contributed by atoms with Crippen molar-refractivity contribution < 1.29 is 0 Å². The third-order valence-electron chi connectivity index (χ3n) is 12.5. The second kappa shape index (κ2) is 13.4. The van der Waals surface area contributed by atoms with Crippen LogP contribution in [0.25, 0.3) is 64.0 Å². The molecule has 0 unspecified atom stereocenters. The Bertz CT molecular complexity index is 3330. The molecule has 0 amide bonds. The van der Waals surface area contributed by atoms with Gasteiger partial charge in [0.05, 0.1) is 5.41 Å². The third kappa shape index (κ3) is 5.17. The van der Waals surface area contributed by atoms with Crippen LogP contribution in [0.5, 0.6) is 0 Å². The Morgan fingerprint density at radius 1 is 0.356 bits per heavy atom. The molecule has 0 aliphatic heterocycles. The van der Waals surface area contributed by atoms with Crippen LogP contribution in [0, 0.1) is 0 Å². The standard InChI is InChI=1S/C57H37NS/c1-3-14-42(15-4-1)57(52-23-10-7-20-48(52)49-21-8-11-24-53(49)57)43-16-13-19-46(37-43)58(44-17-5-2-6-18-44)45-32-28-38(29-33-45)40-31-34-47-41(36-40)27-26-39-30-35-51-50-22-9-12-25-54(50)59-56(51)55(39)47/h1-37H. The molecule has 0 spiro atoms. The van der Waals surface area contributed by atoms with E-state index in [1.807, 2.05) is 11.3 Å². The summed E-state index contributed by atoms with van der Waals surface area (Å²) >= 11 is 1.90. The van der Waals surface area contributed by atoms with Gasteiger partial charge in [0, 0.05) is 42.6 Å². The van der Waals surface area contributed by atoms with Crippen molar-refractivity contribution in [3.05, 3.63) is 247 Å². The lowest BCUT2D eigenvalue weighted by Crippen LogP contribution is -2.28. The van der Waals surface area contributed by atoms with Crippen molar-refractivity contribution in [3.8, 4) is 22.3 Å². The zero-order valence-corrected chi connectivity index (χ0v) is 33.0. The topological polar surface area (TPSA) is 3.24 Å². The van der Waals surface area contributed by atoms with Gasteiger partial charge in [-0.2, -0.15) is 0 Å². The van der Waals surface area contributed by atoms with Crippen LogP contribution in [-0.4, -0.2) is 0 Å². The SMILES string of the molecule is c1ccc(N(c2ccc(-c3ccc4c(ccc5ccc6c7ccccc7sc6c54)c3)cc2)c2cccc(C3(c4ccccc4)c4ccccc4-c4ccccc43)c2)cc1. The van der Waals surface area contributed by atoms with Gasteiger partial charge in [-0.25, -0.2) is 0 Å². The average Bonchev–Trinajstić information content (AvgIpc) is 3.84. The predicted octanol–water partition coefficient (Wildman–Crippen LogP) is 15.9. The summed E-state index contributed by atoms with van der Waals surface area (Å²) in [6, 6.07) is 82.9. The molecule has 0 atom stereocenters. The van der Waals surface area contributed by atoms with E-state index in [1.165, 1.54) is 86.2 Å². The first kappa shape index (κ1) is 33.8. The van der Waals surface area contributed by atoms with Gasteiger partial charge < -0.3 is 4.90 Å². The molecule has 0 fully saturated rings. The van der Waals surface area contributed by atoms with Gasteiger partial charge in [0.15, 0.2) is 0 Å². The van der Waals surface area contributed by atoms with Gasteiger partial charge >= 0.3 is 0 Å². The average molecular weight is 768 g/mol. The lowest BCUT2D eigenvalue weighted by Gasteiger charge is -2.35. The molecule has 1 aliphatic carbocycles. The Labute approximate surface area is 347 Å². The minimum Gasteiger partial charge on any atom is -0.310 e. The van der Waals surface area contributed by atoms with Crippen molar-refractivity contribution >= 4 is 70.1 Å². The maximum atomic E-state index is 2.41. The fraction of sp³-hybridized carbons (Fsp3) is 0.0175. The lowest BCUT2D eigenvalue weighted by molar-refractivity contribution is 0.768. The quantitative estimate of drug-likeness (QED) is 0.152.